The third kappa shape index (κ3) is 2.96. The van der Waals surface area contributed by atoms with E-state index in [1.165, 1.54) is 24.3 Å². The molecule has 0 radical (unpaired) electrons. The molecule has 2 rings (SSSR count). The lowest BCUT2D eigenvalue weighted by atomic mass is 9.99. The lowest BCUT2D eigenvalue weighted by Gasteiger charge is -2.39. The van der Waals surface area contributed by atoms with Crippen LogP contribution in [-0.2, 0) is 4.74 Å². The molecule has 0 bridgehead atoms. The van der Waals surface area contributed by atoms with E-state index in [1.54, 1.807) is 0 Å². The number of hydrogen-bond donors (Lipinski definition) is 5. The van der Waals surface area contributed by atoms with Crippen molar-refractivity contribution in [2.24, 2.45) is 0 Å². The molecular formula is C12H16O7. The number of aliphatic hydroxyl groups excluding tert-OH is 4. The van der Waals surface area contributed by atoms with Gasteiger partial charge in [0, 0.05) is 0 Å². The first-order valence-corrected chi connectivity index (χ1v) is 5.79. The van der Waals surface area contributed by atoms with Gasteiger partial charge in [-0.1, -0.05) is 0 Å². The molecule has 7 heteroatoms. The number of aliphatic hydroxyl groups is 4. The highest BCUT2D eigenvalue weighted by molar-refractivity contribution is 5.30. The van der Waals surface area contributed by atoms with Crippen molar-refractivity contribution in [3.05, 3.63) is 24.3 Å². The van der Waals surface area contributed by atoms with Gasteiger partial charge in [0.05, 0.1) is 6.61 Å². The number of ether oxygens (including phenoxy) is 2. The zero-order valence-electron chi connectivity index (χ0n) is 9.96. The summed E-state index contributed by atoms with van der Waals surface area (Å²) in [4.78, 5) is 0. The summed E-state index contributed by atoms with van der Waals surface area (Å²) in [5, 5.41) is 47.1. The first kappa shape index (κ1) is 14.0. The fourth-order valence-corrected chi connectivity index (χ4v) is 1.82. The molecule has 1 saturated heterocycles. The van der Waals surface area contributed by atoms with Crippen LogP contribution in [-0.4, -0.2) is 62.8 Å². The summed E-state index contributed by atoms with van der Waals surface area (Å²) in [6, 6.07) is 5.69. The van der Waals surface area contributed by atoms with Crippen LogP contribution in [0, 0.1) is 0 Å². The van der Waals surface area contributed by atoms with Crippen molar-refractivity contribution in [2.45, 2.75) is 30.7 Å². The van der Waals surface area contributed by atoms with Crippen molar-refractivity contribution in [1.82, 2.24) is 0 Å². The molecular weight excluding hydrogens is 256 g/mol. The highest BCUT2D eigenvalue weighted by Crippen LogP contribution is 2.25. The van der Waals surface area contributed by atoms with Crippen molar-refractivity contribution >= 4 is 0 Å². The topological polar surface area (TPSA) is 120 Å². The number of aromatic hydroxyl groups is 1. The van der Waals surface area contributed by atoms with E-state index in [0.717, 1.165) is 0 Å². The summed E-state index contributed by atoms with van der Waals surface area (Å²) < 4.78 is 10.5. The summed E-state index contributed by atoms with van der Waals surface area (Å²) in [6.45, 7) is -0.514. The molecule has 106 valence electrons. The zero-order valence-corrected chi connectivity index (χ0v) is 9.96. The van der Waals surface area contributed by atoms with E-state index in [2.05, 4.69) is 0 Å². The van der Waals surface area contributed by atoms with E-state index in [-0.39, 0.29) is 5.75 Å². The molecule has 1 aliphatic heterocycles. The molecule has 19 heavy (non-hydrogen) atoms. The van der Waals surface area contributed by atoms with Crippen LogP contribution in [0.2, 0.25) is 0 Å². The smallest absolute Gasteiger partial charge is 0.229 e. The Balaban J connectivity index is 2.08. The van der Waals surface area contributed by atoms with Crippen molar-refractivity contribution in [2.75, 3.05) is 6.61 Å². The van der Waals surface area contributed by atoms with Gasteiger partial charge in [-0.05, 0) is 24.3 Å². The Morgan fingerprint density at radius 1 is 1.00 bits per heavy atom. The van der Waals surface area contributed by atoms with Gasteiger partial charge < -0.3 is 35.0 Å². The van der Waals surface area contributed by atoms with Crippen LogP contribution in [0.1, 0.15) is 0 Å². The van der Waals surface area contributed by atoms with Gasteiger partial charge in [-0.2, -0.15) is 0 Å². The van der Waals surface area contributed by atoms with Crippen molar-refractivity contribution < 1.29 is 35.0 Å². The second-order valence-corrected chi connectivity index (χ2v) is 4.31. The molecule has 0 saturated carbocycles. The van der Waals surface area contributed by atoms with Crippen LogP contribution in [0.3, 0.4) is 0 Å². The third-order valence-electron chi connectivity index (χ3n) is 2.94. The van der Waals surface area contributed by atoms with Crippen LogP contribution >= 0.6 is 0 Å². The number of hydrogen-bond acceptors (Lipinski definition) is 7. The molecule has 5 atom stereocenters. The summed E-state index contributed by atoms with van der Waals surface area (Å²) in [5.74, 6) is 0.364. The zero-order chi connectivity index (χ0) is 14.0. The molecule has 0 aliphatic carbocycles. The SMILES string of the molecule is OC[C@@H]1O[C@@H](Oc2ccc(O)cc2)[C@H](O)[C@H](O)[C@@H]1O. The molecule has 0 amide bonds. The first-order valence-electron chi connectivity index (χ1n) is 5.79. The number of phenols is 1. The molecule has 1 fully saturated rings. The minimum Gasteiger partial charge on any atom is -0.508 e. The quantitative estimate of drug-likeness (QED) is 0.457. The van der Waals surface area contributed by atoms with Gasteiger partial charge in [0.25, 0.3) is 0 Å². The van der Waals surface area contributed by atoms with E-state index in [1.807, 2.05) is 0 Å². The van der Waals surface area contributed by atoms with Crippen LogP contribution in [0.15, 0.2) is 24.3 Å². The van der Waals surface area contributed by atoms with E-state index in [9.17, 15) is 15.3 Å². The lowest BCUT2D eigenvalue weighted by Crippen LogP contribution is -2.60. The molecule has 0 unspecified atom stereocenters. The van der Waals surface area contributed by atoms with Gasteiger partial charge in [0.2, 0.25) is 6.29 Å². The Bertz CT molecular complexity index is 405. The Kier molecular flexibility index (Phi) is 4.23. The van der Waals surface area contributed by atoms with Gasteiger partial charge in [-0.15, -0.1) is 0 Å². The summed E-state index contributed by atoms with van der Waals surface area (Å²) in [7, 11) is 0. The molecule has 1 aliphatic rings. The molecule has 0 aromatic heterocycles. The van der Waals surface area contributed by atoms with E-state index < -0.39 is 37.3 Å². The fourth-order valence-electron chi connectivity index (χ4n) is 1.82. The van der Waals surface area contributed by atoms with Crippen LogP contribution < -0.4 is 4.74 Å². The minimum atomic E-state index is -1.48. The molecule has 7 nitrogen and oxygen atoms in total. The van der Waals surface area contributed by atoms with Gasteiger partial charge in [0.1, 0.15) is 35.9 Å². The van der Waals surface area contributed by atoms with Crippen LogP contribution in [0.4, 0.5) is 0 Å². The predicted molar refractivity (Wildman–Crippen MR) is 62.5 cm³/mol. The highest BCUT2D eigenvalue weighted by Gasteiger charge is 2.44. The molecule has 0 spiro atoms. The average Bonchev–Trinajstić information content (AvgIpc) is 2.42. The third-order valence-corrected chi connectivity index (χ3v) is 2.94. The molecule has 5 N–H and O–H groups in total. The highest BCUT2D eigenvalue weighted by atomic mass is 16.7. The van der Waals surface area contributed by atoms with E-state index in [4.69, 9.17) is 19.7 Å². The second kappa shape index (κ2) is 5.72. The first-order chi connectivity index (χ1) is 9.02. The largest absolute Gasteiger partial charge is 0.508 e. The van der Waals surface area contributed by atoms with Gasteiger partial charge in [-0.3, -0.25) is 0 Å². The fraction of sp³-hybridized carbons (Fsp3) is 0.500. The molecule has 1 heterocycles. The normalized spacial score (nSPS) is 35.1. The second-order valence-electron chi connectivity index (χ2n) is 4.31. The maximum absolute atomic E-state index is 9.75. The molecule has 1 aromatic carbocycles. The maximum Gasteiger partial charge on any atom is 0.229 e. The van der Waals surface area contributed by atoms with E-state index in [0.29, 0.717) is 5.75 Å². The minimum absolute atomic E-state index is 0.0566. The standard InChI is InChI=1S/C12H16O7/c13-5-8-9(15)10(16)11(17)12(19-8)18-7-3-1-6(14)2-4-7/h1-4,8-17H,5H2/t8-,9+,10+,11+,12+/m0/s1. The van der Waals surface area contributed by atoms with Gasteiger partial charge in [0.15, 0.2) is 0 Å². The van der Waals surface area contributed by atoms with E-state index >= 15 is 0 Å². The maximum atomic E-state index is 9.75. The van der Waals surface area contributed by atoms with Crippen molar-refractivity contribution in [3.8, 4) is 11.5 Å². The lowest BCUT2D eigenvalue weighted by molar-refractivity contribution is -0.277. The number of rotatable bonds is 3. The Morgan fingerprint density at radius 3 is 2.21 bits per heavy atom. The van der Waals surface area contributed by atoms with Crippen molar-refractivity contribution in [1.29, 1.82) is 0 Å². The summed E-state index contributed by atoms with van der Waals surface area (Å²) >= 11 is 0. The Hall–Kier alpha value is -1.38. The molecule has 1 aromatic rings. The monoisotopic (exact) mass is 272 g/mol. The van der Waals surface area contributed by atoms with Gasteiger partial charge in [-0.25, -0.2) is 0 Å². The van der Waals surface area contributed by atoms with Crippen LogP contribution in [0.5, 0.6) is 11.5 Å². The van der Waals surface area contributed by atoms with Crippen LogP contribution in [0.25, 0.3) is 0 Å². The number of phenolic OH excluding ortho intramolecular Hbond substituents is 1. The van der Waals surface area contributed by atoms with Crippen molar-refractivity contribution in [3.63, 3.8) is 0 Å². The Morgan fingerprint density at radius 2 is 1.63 bits per heavy atom. The average molecular weight is 272 g/mol. The summed E-state index contributed by atoms with van der Waals surface area (Å²) in [5.41, 5.74) is 0. The summed E-state index contributed by atoms with van der Waals surface area (Å²) in [6.07, 6.45) is -6.58. The van der Waals surface area contributed by atoms with Gasteiger partial charge >= 0.3 is 0 Å². The Labute approximate surface area is 109 Å². The number of benzene rings is 1. The predicted octanol–water partition coefficient (Wildman–Crippen LogP) is -1.43.